The molecule has 4 heteroatoms. The zero-order valence-corrected chi connectivity index (χ0v) is 11.2. The third kappa shape index (κ3) is 2.41. The molecule has 1 aliphatic carbocycles. The van der Waals surface area contributed by atoms with Gasteiger partial charge in [0.1, 0.15) is 6.10 Å². The van der Waals surface area contributed by atoms with E-state index in [0.717, 1.165) is 32.2 Å². The zero-order valence-electron chi connectivity index (χ0n) is 11.2. The molecule has 3 unspecified atom stereocenters. The minimum Gasteiger partial charge on any atom is -0.365 e. The molecule has 0 bridgehead atoms. The Labute approximate surface area is 109 Å². The van der Waals surface area contributed by atoms with E-state index in [4.69, 9.17) is 4.74 Å². The van der Waals surface area contributed by atoms with Gasteiger partial charge in [-0.3, -0.25) is 4.79 Å². The van der Waals surface area contributed by atoms with Gasteiger partial charge in [0.05, 0.1) is 6.10 Å². The molecule has 2 heterocycles. The molecule has 3 rings (SSSR count). The number of carbonyl (C=O) groups is 1. The summed E-state index contributed by atoms with van der Waals surface area (Å²) in [6.07, 6.45) is 7.96. The van der Waals surface area contributed by atoms with Crippen molar-refractivity contribution in [2.24, 2.45) is 0 Å². The fraction of sp³-hybridized carbons (Fsp3) is 0.929. The third-order valence-electron chi connectivity index (χ3n) is 4.81. The standard InChI is InChI=1S/C14H24N2O2/c1-10-3-4-12(18-10)13(17)16-11-5-8-15-14(9-11)6-2-7-14/h10-12,15H,2-9H2,1H3,(H,16,17). The van der Waals surface area contributed by atoms with Crippen LogP contribution >= 0.6 is 0 Å². The molecule has 4 nitrogen and oxygen atoms in total. The average molecular weight is 252 g/mol. The van der Waals surface area contributed by atoms with Crippen LogP contribution in [0.1, 0.15) is 51.9 Å². The molecular formula is C14H24N2O2. The lowest BCUT2D eigenvalue weighted by Gasteiger charge is -2.48. The van der Waals surface area contributed by atoms with Gasteiger partial charge in [-0.05, 0) is 58.4 Å². The Morgan fingerprint density at radius 1 is 1.33 bits per heavy atom. The van der Waals surface area contributed by atoms with Gasteiger partial charge in [-0.2, -0.15) is 0 Å². The lowest BCUT2D eigenvalue weighted by molar-refractivity contribution is -0.132. The minimum absolute atomic E-state index is 0.112. The van der Waals surface area contributed by atoms with Crippen molar-refractivity contribution in [1.29, 1.82) is 0 Å². The second-order valence-electron chi connectivity index (χ2n) is 6.27. The first kappa shape index (κ1) is 12.4. The lowest BCUT2D eigenvalue weighted by atomic mass is 9.70. The van der Waals surface area contributed by atoms with Crippen LogP contribution in [0, 0.1) is 0 Å². The quantitative estimate of drug-likeness (QED) is 0.780. The van der Waals surface area contributed by atoms with Crippen molar-refractivity contribution in [1.82, 2.24) is 10.6 Å². The Kier molecular flexibility index (Phi) is 3.32. The molecule has 102 valence electrons. The van der Waals surface area contributed by atoms with Gasteiger partial charge in [0.15, 0.2) is 0 Å². The zero-order chi connectivity index (χ0) is 12.6. The monoisotopic (exact) mass is 252 g/mol. The van der Waals surface area contributed by atoms with Gasteiger partial charge in [-0.25, -0.2) is 0 Å². The van der Waals surface area contributed by atoms with Crippen molar-refractivity contribution < 1.29 is 9.53 Å². The molecule has 0 radical (unpaired) electrons. The molecule has 1 spiro atoms. The van der Waals surface area contributed by atoms with Crippen molar-refractivity contribution in [3.8, 4) is 0 Å². The highest BCUT2D eigenvalue weighted by atomic mass is 16.5. The van der Waals surface area contributed by atoms with Gasteiger partial charge < -0.3 is 15.4 Å². The van der Waals surface area contributed by atoms with Crippen LogP contribution in [0.2, 0.25) is 0 Å². The minimum atomic E-state index is -0.202. The van der Waals surface area contributed by atoms with Crippen LogP contribution in [0.4, 0.5) is 0 Å². The van der Waals surface area contributed by atoms with E-state index in [-0.39, 0.29) is 18.1 Å². The number of hydrogen-bond acceptors (Lipinski definition) is 3. The van der Waals surface area contributed by atoms with Crippen molar-refractivity contribution in [2.75, 3.05) is 6.54 Å². The molecule has 0 aromatic heterocycles. The summed E-state index contributed by atoms with van der Waals surface area (Å²) in [7, 11) is 0. The maximum atomic E-state index is 12.1. The summed E-state index contributed by atoms with van der Waals surface area (Å²) in [4.78, 5) is 12.1. The highest BCUT2D eigenvalue weighted by Crippen LogP contribution is 2.38. The topological polar surface area (TPSA) is 50.4 Å². The van der Waals surface area contributed by atoms with Gasteiger partial charge in [0.2, 0.25) is 5.91 Å². The predicted molar refractivity (Wildman–Crippen MR) is 69.3 cm³/mol. The first-order chi connectivity index (χ1) is 8.67. The molecule has 3 atom stereocenters. The highest BCUT2D eigenvalue weighted by Gasteiger charge is 2.41. The number of amides is 1. The van der Waals surface area contributed by atoms with E-state index in [1.807, 2.05) is 6.92 Å². The second kappa shape index (κ2) is 4.82. The third-order valence-corrected chi connectivity index (χ3v) is 4.81. The maximum Gasteiger partial charge on any atom is 0.249 e. The van der Waals surface area contributed by atoms with E-state index in [1.165, 1.54) is 19.3 Å². The summed E-state index contributed by atoms with van der Waals surface area (Å²) >= 11 is 0. The molecule has 3 aliphatic rings. The van der Waals surface area contributed by atoms with E-state index in [1.54, 1.807) is 0 Å². The summed E-state index contributed by atoms with van der Waals surface area (Å²) in [5.41, 5.74) is 0.347. The fourth-order valence-corrected chi connectivity index (χ4v) is 3.55. The van der Waals surface area contributed by atoms with Gasteiger partial charge >= 0.3 is 0 Å². The summed E-state index contributed by atoms with van der Waals surface area (Å²) in [6, 6.07) is 0.346. The number of nitrogens with one attached hydrogen (secondary N) is 2. The number of rotatable bonds is 2. The normalized spacial score (nSPS) is 38.4. The lowest BCUT2D eigenvalue weighted by Crippen LogP contribution is -2.60. The first-order valence-corrected chi connectivity index (χ1v) is 7.38. The van der Waals surface area contributed by atoms with Crippen LogP contribution in [0.3, 0.4) is 0 Å². The van der Waals surface area contributed by atoms with E-state index in [0.29, 0.717) is 11.6 Å². The van der Waals surface area contributed by atoms with Crippen LogP contribution in [-0.4, -0.2) is 36.2 Å². The maximum absolute atomic E-state index is 12.1. The summed E-state index contributed by atoms with van der Waals surface area (Å²) in [5, 5.41) is 6.83. The molecule has 3 fully saturated rings. The Balaban J connectivity index is 1.51. The van der Waals surface area contributed by atoms with Crippen LogP contribution < -0.4 is 10.6 Å². The molecule has 1 amide bonds. The van der Waals surface area contributed by atoms with Crippen molar-refractivity contribution in [3.63, 3.8) is 0 Å². The number of ether oxygens (including phenoxy) is 1. The fourth-order valence-electron chi connectivity index (χ4n) is 3.55. The SMILES string of the molecule is CC1CCC(C(=O)NC2CCNC3(CCC3)C2)O1. The molecule has 2 saturated heterocycles. The summed E-state index contributed by atoms with van der Waals surface area (Å²) in [6.45, 7) is 3.08. The van der Waals surface area contributed by atoms with Gasteiger partial charge in [0, 0.05) is 11.6 Å². The molecular weight excluding hydrogens is 228 g/mol. The molecule has 0 aromatic rings. The van der Waals surface area contributed by atoms with Crippen LogP contribution in [-0.2, 0) is 9.53 Å². The average Bonchev–Trinajstić information content (AvgIpc) is 2.74. The summed E-state index contributed by atoms with van der Waals surface area (Å²) < 4.78 is 5.63. The second-order valence-corrected chi connectivity index (χ2v) is 6.27. The van der Waals surface area contributed by atoms with Crippen molar-refractivity contribution in [2.45, 2.75) is 75.7 Å². The van der Waals surface area contributed by atoms with Crippen LogP contribution in [0.5, 0.6) is 0 Å². The summed E-state index contributed by atoms with van der Waals surface area (Å²) in [5.74, 6) is 0.112. The molecule has 2 N–H and O–H groups in total. The van der Waals surface area contributed by atoms with Crippen molar-refractivity contribution in [3.05, 3.63) is 0 Å². The number of carbonyl (C=O) groups excluding carboxylic acids is 1. The Bertz CT molecular complexity index is 328. The number of hydrogen-bond donors (Lipinski definition) is 2. The van der Waals surface area contributed by atoms with Gasteiger partial charge in [-0.1, -0.05) is 0 Å². The largest absolute Gasteiger partial charge is 0.365 e. The van der Waals surface area contributed by atoms with E-state index >= 15 is 0 Å². The highest BCUT2D eigenvalue weighted by molar-refractivity contribution is 5.81. The predicted octanol–water partition coefficient (Wildman–Crippen LogP) is 1.34. The van der Waals surface area contributed by atoms with E-state index < -0.39 is 0 Å². The van der Waals surface area contributed by atoms with Crippen molar-refractivity contribution >= 4 is 5.91 Å². The molecule has 1 saturated carbocycles. The van der Waals surface area contributed by atoms with Gasteiger partial charge in [0.25, 0.3) is 0 Å². The molecule has 0 aromatic carbocycles. The van der Waals surface area contributed by atoms with E-state index in [9.17, 15) is 4.79 Å². The molecule has 18 heavy (non-hydrogen) atoms. The Morgan fingerprint density at radius 3 is 2.78 bits per heavy atom. The molecule has 2 aliphatic heterocycles. The van der Waals surface area contributed by atoms with Gasteiger partial charge in [-0.15, -0.1) is 0 Å². The Morgan fingerprint density at radius 2 is 2.17 bits per heavy atom. The van der Waals surface area contributed by atoms with Crippen LogP contribution in [0.15, 0.2) is 0 Å². The first-order valence-electron chi connectivity index (χ1n) is 7.38. The smallest absolute Gasteiger partial charge is 0.249 e. The van der Waals surface area contributed by atoms with Crippen LogP contribution in [0.25, 0.3) is 0 Å². The van der Waals surface area contributed by atoms with E-state index in [2.05, 4.69) is 10.6 Å². The Hall–Kier alpha value is -0.610. The number of piperidine rings is 1.